The molecule has 1 saturated heterocycles. The van der Waals surface area contributed by atoms with Crippen molar-refractivity contribution in [2.45, 2.75) is 18.9 Å². The molecular formula is C12H15N5O3. The van der Waals surface area contributed by atoms with Gasteiger partial charge in [0.15, 0.2) is 5.69 Å². The first-order chi connectivity index (χ1) is 9.52. The average molecular weight is 277 g/mol. The highest BCUT2D eigenvalue weighted by Gasteiger charge is 2.31. The summed E-state index contributed by atoms with van der Waals surface area (Å²) >= 11 is 0. The van der Waals surface area contributed by atoms with Gasteiger partial charge in [-0.3, -0.25) is 19.3 Å². The largest absolute Gasteiger partial charge is 0.357 e. The number of piperidine rings is 1. The normalized spacial score (nSPS) is 18.9. The number of amides is 3. The van der Waals surface area contributed by atoms with E-state index in [1.807, 2.05) is 0 Å². The maximum absolute atomic E-state index is 11.9. The minimum atomic E-state index is -0.502. The molecule has 0 spiro atoms. The van der Waals surface area contributed by atoms with Gasteiger partial charge in [-0.15, -0.1) is 10.2 Å². The number of rotatable bonds is 3. The molecule has 2 heterocycles. The first-order valence-electron chi connectivity index (χ1n) is 6.15. The molecule has 8 nitrogen and oxygen atoms in total. The number of nitrogens with zero attached hydrogens (tertiary/aromatic N) is 3. The Morgan fingerprint density at radius 2 is 2.10 bits per heavy atom. The number of carbonyl (C=O) groups is 3. The molecule has 0 saturated carbocycles. The summed E-state index contributed by atoms with van der Waals surface area (Å²) in [5.74, 6) is -0.422. The van der Waals surface area contributed by atoms with E-state index in [1.165, 1.54) is 20.2 Å². The standard InChI is InChI=1S/C12H15N5O3/c1-13-11(19)7-3-5-9(16-15-7)14-8-4-6-10(18)17(2)12(8)20/h3,5,8H,4,6H2,1-2H3,(H,13,19)(H,14,16). The first kappa shape index (κ1) is 13.9. The van der Waals surface area contributed by atoms with Crippen LogP contribution in [0.25, 0.3) is 0 Å². The molecule has 1 aromatic rings. The van der Waals surface area contributed by atoms with Crippen LogP contribution in [0.15, 0.2) is 12.1 Å². The summed E-state index contributed by atoms with van der Waals surface area (Å²) in [7, 11) is 2.96. The van der Waals surface area contributed by atoms with Crippen LogP contribution < -0.4 is 10.6 Å². The van der Waals surface area contributed by atoms with Crippen molar-refractivity contribution in [2.75, 3.05) is 19.4 Å². The zero-order valence-corrected chi connectivity index (χ0v) is 11.2. The van der Waals surface area contributed by atoms with Gasteiger partial charge in [-0.25, -0.2) is 0 Å². The molecule has 3 amide bonds. The lowest BCUT2D eigenvalue weighted by Crippen LogP contribution is -2.48. The Labute approximate surface area is 115 Å². The van der Waals surface area contributed by atoms with Gasteiger partial charge in [0.2, 0.25) is 5.91 Å². The second kappa shape index (κ2) is 5.64. The zero-order valence-electron chi connectivity index (χ0n) is 11.2. The highest BCUT2D eigenvalue weighted by atomic mass is 16.2. The molecule has 1 aliphatic rings. The molecule has 0 aliphatic carbocycles. The molecule has 0 aromatic carbocycles. The summed E-state index contributed by atoms with van der Waals surface area (Å²) in [6, 6.07) is 2.58. The molecule has 20 heavy (non-hydrogen) atoms. The second-order valence-electron chi connectivity index (χ2n) is 4.41. The van der Waals surface area contributed by atoms with E-state index in [4.69, 9.17) is 0 Å². The van der Waals surface area contributed by atoms with Crippen molar-refractivity contribution in [3.8, 4) is 0 Å². The Morgan fingerprint density at radius 3 is 2.70 bits per heavy atom. The third-order valence-electron chi connectivity index (χ3n) is 3.10. The maximum atomic E-state index is 11.9. The van der Waals surface area contributed by atoms with Gasteiger partial charge in [-0.05, 0) is 18.6 Å². The van der Waals surface area contributed by atoms with E-state index in [9.17, 15) is 14.4 Å². The van der Waals surface area contributed by atoms with Gasteiger partial charge < -0.3 is 10.6 Å². The number of hydrogen-bond donors (Lipinski definition) is 2. The Bertz CT molecular complexity index is 543. The number of likely N-dealkylation sites (N-methyl/N-ethyl adjacent to an activating group) is 1. The Kier molecular flexibility index (Phi) is 3.92. The molecule has 0 bridgehead atoms. The topological polar surface area (TPSA) is 104 Å². The van der Waals surface area contributed by atoms with Gasteiger partial charge in [0.1, 0.15) is 11.9 Å². The van der Waals surface area contributed by atoms with Crippen molar-refractivity contribution < 1.29 is 14.4 Å². The maximum Gasteiger partial charge on any atom is 0.271 e. The molecule has 8 heteroatoms. The van der Waals surface area contributed by atoms with Gasteiger partial charge in [0, 0.05) is 20.5 Å². The van der Waals surface area contributed by atoms with Crippen LogP contribution in [0.5, 0.6) is 0 Å². The monoisotopic (exact) mass is 277 g/mol. The zero-order chi connectivity index (χ0) is 14.7. The van der Waals surface area contributed by atoms with Crippen LogP contribution in [-0.2, 0) is 9.59 Å². The second-order valence-corrected chi connectivity index (χ2v) is 4.41. The Morgan fingerprint density at radius 1 is 1.35 bits per heavy atom. The lowest BCUT2D eigenvalue weighted by Gasteiger charge is -2.28. The highest BCUT2D eigenvalue weighted by Crippen LogP contribution is 2.15. The number of nitrogens with one attached hydrogen (secondary N) is 2. The van der Waals surface area contributed by atoms with E-state index in [1.54, 1.807) is 6.07 Å². The number of hydrogen-bond acceptors (Lipinski definition) is 6. The van der Waals surface area contributed by atoms with Gasteiger partial charge in [-0.2, -0.15) is 0 Å². The van der Waals surface area contributed by atoms with Crippen LogP contribution in [0.4, 0.5) is 5.82 Å². The van der Waals surface area contributed by atoms with Crippen molar-refractivity contribution in [1.29, 1.82) is 0 Å². The molecule has 106 valence electrons. The quantitative estimate of drug-likeness (QED) is 0.715. The van der Waals surface area contributed by atoms with Crippen LogP contribution in [0.3, 0.4) is 0 Å². The van der Waals surface area contributed by atoms with Gasteiger partial charge in [0.05, 0.1) is 0 Å². The summed E-state index contributed by atoms with van der Waals surface area (Å²) < 4.78 is 0. The van der Waals surface area contributed by atoms with Crippen molar-refractivity contribution in [3.63, 3.8) is 0 Å². The van der Waals surface area contributed by atoms with Gasteiger partial charge >= 0.3 is 0 Å². The van der Waals surface area contributed by atoms with E-state index in [0.717, 1.165) is 4.90 Å². The fourth-order valence-electron chi connectivity index (χ4n) is 1.89. The SMILES string of the molecule is CNC(=O)c1ccc(NC2CCC(=O)N(C)C2=O)nn1. The van der Waals surface area contributed by atoms with Crippen molar-refractivity contribution in [2.24, 2.45) is 0 Å². The Hall–Kier alpha value is -2.51. The van der Waals surface area contributed by atoms with E-state index in [2.05, 4.69) is 20.8 Å². The molecule has 1 fully saturated rings. The lowest BCUT2D eigenvalue weighted by molar-refractivity contribution is -0.146. The number of likely N-dealkylation sites (tertiary alicyclic amines) is 1. The van der Waals surface area contributed by atoms with Crippen LogP contribution in [0.1, 0.15) is 23.3 Å². The van der Waals surface area contributed by atoms with Crippen LogP contribution in [-0.4, -0.2) is 53.0 Å². The van der Waals surface area contributed by atoms with Gasteiger partial charge in [-0.1, -0.05) is 0 Å². The number of aromatic nitrogens is 2. The third-order valence-corrected chi connectivity index (χ3v) is 3.10. The van der Waals surface area contributed by atoms with E-state index in [-0.39, 0.29) is 23.4 Å². The number of anilines is 1. The number of carbonyl (C=O) groups excluding carboxylic acids is 3. The molecule has 2 rings (SSSR count). The summed E-state index contributed by atoms with van der Waals surface area (Å²) in [4.78, 5) is 35.7. The van der Waals surface area contributed by atoms with E-state index < -0.39 is 6.04 Å². The number of imide groups is 1. The molecule has 2 N–H and O–H groups in total. The smallest absolute Gasteiger partial charge is 0.271 e. The van der Waals surface area contributed by atoms with Crippen LogP contribution in [0, 0.1) is 0 Å². The third kappa shape index (κ3) is 2.73. The van der Waals surface area contributed by atoms with Crippen LogP contribution in [0.2, 0.25) is 0 Å². The first-order valence-corrected chi connectivity index (χ1v) is 6.15. The predicted octanol–water partition coefficient (Wildman–Crippen LogP) is -0.605. The molecule has 1 atom stereocenters. The van der Waals surface area contributed by atoms with Crippen molar-refractivity contribution in [1.82, 2.24) is 20.4 Å². The molecule has 1 aliphatic heterocycles. The molecule has 0 radical (unpaired) electrons. The summed E-state index contributed by atoms with van der Waals surface area (Å²) in [5, 5.41) is 13.0. The lowest BCUT2D eigenvalue weighted by atomic mass is 10.0. The summed E-state index contributed by atoms with van der Waals surface area (Å²) in [6.45, 7) is 0. The molecule has 1 unspecified atom stereocenters. The Balaban J connectivity index is 2.05. The minimum absolute atomic E-state index is 0.186. The summed E-state index contributed by atoms with van der Waals surface area (Å²) in [6.07, 6.45) is 0.727. The van der Waals surface area contributed by atoms with Crippen molar-refractivity contribution in [3.05, 3.63) is 17.8 Å². The predicted molar refractivity (Wildman–Crippen MR) is 69.8 cm³/mol. The average Bonchev–Trinajstić information content (AvgIpc) is 2.48. The molecular weight excluding hydrogens is 262 g/mol. The highest BCUT2D eigenvalue weighted by molar-refractivity contribution is 6.01. The van der Waals surface area contributed by atoms with Crippen molar-refractivity contribution >= 4 is 23.5 Å². The fraction of sp³-hybridized carbons (Fsp3) is 0.417. The molecule has 1 aromatic heterocycles. The van der Waals surface area contributed by atoms with E-state index in [0.29, 0.717) is 18.7 Å². The van der Waals surface area contributed by atoms with Gasteiger partial charge in [0.25, 0.3) is 11.8 Å². The van der Waals surface area contributed by atoms with E-state index >= 15 is 0 Å². The minimum Gasteiger partial charge on any atom is -0.357 e. The fourth-order valence-corrected chi connectivity index (χ4v) is 1.89. The summed E-state index contributed by atoms with van der Waals surface area (Å²) in [5.41, 5.74) is 0.195. The van der Waals surface area contributed by atoms with Crippen LogP contribution >= 0.6 is 0 Å².